The van der Waals surface area contributed by atoms with Crippen molar-refractivity contribution < 1.29 is 8.42 Å². The van der Waals surface area contributed by atoms with E-state index in [1.165, 1.54) is 11.3 Å². The topological polar surface area (TPSA) is 55.2 Å². The molecule has 0 aliphatic carbocycles. The van der Waals surface area contributed by atoms with Crippen LogP contribution in [0.3, 0.4) is 0 Å². The van der Waals surface area contributed by atoms with Crippen molar-refractivity contribution in [3.05, 3.63) is 47.3 Å². The number of nitrogens with zero attached hydrogens (tertiary/aromatic N) is 3. The fraction of sp³-hybridized carbons (Fsp3) is 0.471. The molecule has 0 amide bonds. The molecule has 5 nitrogen and oxygen atoms in total. The van der Waals surface area contributed by atoms with Gasteiger partial charge in [0.1, 0.15) is 0 Å². The smallest absolute Gasteiger partial charge is 0.178 e. The summed E-state index contributed by atoms with van der Waals surface area (Å²) >= 11 is 0. The predicted molar refractivity (Wildman–Crippen MR) is 89.8 cm³/mol. The van der Waals surface area contributed by atoms with Crippen LogP contribution in [-0.2, 0) is 36.4 Å². The Morgan fingerprint density at radius 2 is 1.96 bits per heavy atom. The maximum atomic E-state index is 11.9. The molecule has 0 unspecified atom stereocenters. The zero-order valence-corrected chi connectivity index (χ0v) is 14.5. The van der Waals surface area contributed by atoms with Crippen LogP contribution in [0.4, 0.5) is 0 Å². The van der Waals surface area contributed by atoms with Crippen LogP contribution in [0.2, 0.25) is 0 Å². The lowest BCUT2D eigenvalue weighted by atomic mass is 10.1. The SMILES string of the molecule is CCS(=O)(=O)c1ccc(CN2CCCc3cnn(C)c3C2)cc1. The number of aryl methyl sites for hydroxylation is 2. The highest BCUT2D eigenvalue weighted by Gasteiger charge is 2.18. The summed E-state index contributed by atoms with van der Waals surface area (Å²) in [6, 6.07) is 7.30. The van der Waals surface area contributed by atoms with E-state index in [1.807, 2.05) is 30.1 Å². The third-order valence-electron chi connectivity index (χ3n) is 4.51. The van der Waals surface area contributed by atoms with E-state index in [0.717, 1.165) is 38.0 Å². The summed E-state index contributed by atoms with van der Waals surface area (Å²) in [6.07, 6.45) is 4.18. The van der Waals surface area contributed by atoms with Gasteiger partial charge in [0.2, 0.25) is 0 Å². The quantitative estimate of drug-likeness (QED) is 0.860. The molecule has 1 aromatic heterocycles. The second-order valence-corrected chi connectivity index (χ2v) is 8.38. The van der Waals surface area contributed by atoms with E-state index < -0.39 is 9.84 Å². The lowest BCUT2D eigenvalue weighted by Gasteiger charge is -2.20. The van der Waals surface area contributed by atoms with E-state index in [4.69, 9.17) is 0 Å². The van der Waals surface area contributed by atoms with Crippen molar-refractivity contribution in [2.75, 3.05) is 12.3 Å². The second-order valence-electron chi connectivity index (χ2n) is 6.10. The minimum Gasteiger partial charge on any atom is -0.293 e. The van der Waals surface area contributed by atoms with Gasteiger partial charge in [-0.05, 0) is 42.6 Å². The molecule has 2 heterocycles. The molecule has 0 fully saturated rings. The van der Waals surface area contributed by atoms with Crippen LogP contribution >= 0.6 is 0 Å². The molecule has 2 aromatic rings. The molecule has 124 valence electrons. The summed E-state index contributed by atoms with van der Waals surface area (Å²) in [5.74, 6) is 0.141. The normalized spacial score (nSPS) is 16.1. The Kier molecular flexibility index (Phi) is 4.55. The molecule has 0 saturated carbocycles. The number of aromatic nitrogens is 2. The van der Waals surface area contributed by atoms with Crippen LogP contribution in [0.1, 0.15) is 30.2 Å². The Bertz CT molecular complexity index is 779. The van der Waals surface area contributed by atoms with Crippen molar-refractivity contribution >= 4 is 9.84 Å². The number of fused-ring (bicyclic) bond motifs is 1. The summed E-state index contributed by atoms with van der Waals surface area (Å²) in [5, 5.41) is 4.35. The molecular weight excluding hydrogens is 310 g/mol. The minimum atomic E-state index is -3.12. The second kappa shape index (κ2) is 6.45. The lowest BCUT2D eigenvalue weighted by molar-refractivity contribution is 0.254. The van der Waals surface area contributed by atoms with Crippen LogP contribution in [0, 0.1) is 0 Å². The van der Waals surface area contributed by atoms with Crippen LogP contribution < -0.4 is 0 Å². The molecular formula is C17H23N3O2S. The first-order valence-corrected chi connectivity index (χ1v) is 9.68. The molecule has 1 aliphatic heterocycles. The molecule has 0 bridgehead atoms. The van der Waals surface area contributed by atoms with Gasteiger partial charge in [-0.2, -0.15) is 5.10 Å². The molecule has 0 atom stereocenters. The Morgan fingerprint density at radius 3 is 2.65 bits per heavy atom. The standard InChI is InChI=1S/C17H23N3O2S/c1-3-23(21,22)16-8-6-14(7-9-16)12-20-10-4-5-15-11-18-19(2)17(15)13-20/h6-9,11H,3-5,10,12-13H2,1-2H3. The number of hydrogen-bond acceptors (Lipinski definition) is 4. The Morgan fingerprint density at radius 1 is 1.22 bits per heavy atom. The summed E-state index contributed by atoms with van der Waals surface area (Å²) in [6.45, 7) is 4.44. The summed E-state index contributed by atoms with van der Waals surface area (Å²) < 4.78 is 25.7. The van der Waals surface area contributed by atoms with E-state index in [2.05, 4.69) is 10.00 Å². The largest absolute Gasteiger partial charge is 0.293 e. The third-order valence-corrected chi connectivity index (χ3v) is 6.26. The van der Waals surface area contributed by atoms with E-state index in [9.17, 15) is 8.42 Å². The number of sulfone groups is 1. The fourth-order valence-electron chi connectivity index (χ4n) is 3.07. The molecule has 1 aromatic carbocycles. The van der Waals surface area contributed by atoms with Gasteiger partial charge in [-0.1, -0.05) is 19.1 Å². The van der Waals surface area contributed by atoms with Crippen molar-refractivity contribution in [3.8, 4) is 0 Å². The third kappa shape index (κ3) is 3.48. The zero-order chi connectivity index (χ0) is 16.4. The Balaban J connectivity index is 1.73. The van der Waals surface area contributed by atoms with Gasteiger partial charge >= 0.3 is 0 Å². The van der Waals surface area contributed by atoms with E-state index in [1.54, 1.807) is 19.1 Å². The van der Waals surface area contributed by atoms with Crippen LogP contribution in [0.15, 0.2) is 35.4 Å². The summed E-state index contributed by atoms with van der Waals surface area (Å²) in [7, 11) is -1.12. The number of benzene rings is 1. The molecule has 1 aliphatic rings. The first kappa shape index (κ1) is 16.2. The molecule has 0 radical (unpaired) electrons. The highest BCUT2D eigenvalue weighted by Crippen LogP contribution is 2.20. The van der Waals surface area contributed by atoms with Crippen molar-refractivity contribution in [3.63, 3.8) is 0 Å². The maximum Gasteiger partial charge on any atom is 0.178 e. The van der Waals surface area contributed by atoms with Gasteiger partial charge in [0.05, 0.1) is 22.5 Å². The molecule has 0 saturated heterocycles. The minimum absolute atomic E-state index is 0.141. The average Bonchev–Trinajstić information content (AvgIpc) is 2.77. The van der Waals surface area contributed by atoms with Crippen molar-refractivity contribution in [2.45, 2.75) is 37.8 Å². The van der Waals surface area contributed by atoms with Crippen molar-refractivity contribution in [1.29, 1.82) is 0 Å². The van der Waals surface area contributed by atoms with Gasteiger partial charge in [0, 0.05) is 20.1 Å². The van der Waals surface area contributed by atoms with Gasteiger partial charge in [-0.25, -0.2) is 8.42 Å². The first-order valence-electron chi connectivity index (χ1n) is 8.03. The first-order chi connectivity index (χ1) is 11.0. The molecule has 6 heteroatoms. The van der Waals surface area contributed by atoms with Gasteiger partial charge in [0.25, 0.3) is 0 Å². The molecule has 23 heavy (non-hydrogen) atoms. The zero-order valence-electron chi connectivity index (χ0n) is 13.7. The molecule has 0 spiro atoms. The highest BCUT2D eigenvalue weighted by atomic mass is 32.2. The van der Waals surface area contributed by atoms with E-state index in [0.29, 0.717) is 4.90 Å². The summed E-state index contributed by atoms with van der Waals surface area (Å²) in [5.41, 5.74) is 3.78. The average molecular weight is 333 g/mol. The Hall–Kier alpha value is -1.66. The van der Waals surface area contributed by atoms with Crippen LogP contribution in [0.5, 0.6) is 0 Å². The number of rotatable bonds is 4. The highest BCUT2D eigenvalue weighted by molar-refractivity contribution is 7.91. The van der Waals surface area contributed by atoms with Gasteiger partial charge in [-0.3, -0.25) is 9.58 Å². The number of hydrogen-bond donors (Lipinski definition) is 0. The van der Waals surface area contributed by atoms with E-state index in [-0.39, 0.29) is 5.75 Å². The van der Waals surface area contributed by atoms with Crippen LogP contribution in [0.25, 0.3) is 0 Å². The molecule has 0 N–H and O–H groups in total. The lowest BCUT2D eigenvalue weighted by Crippen LogP contribution is -2.24. The molecule has 3 rings (SSSR count). The van der Waals surface area contributed by atoms with Gasteiger partial charge in [-0.15, -0.1) is 0 Å². The maximum absolute atomic E-state index is 11.9. The van der Waals surface area contributed by atoms with Crippen molar-refractivity contribution in [1.82, 2.24) is 14.7 Å². The fourth-order valence-corrected chi connectivity index (χ4v) is 3.95. The monoisotopic (exact) mass is 333 g/mol. The summed E-state index contributed by atoms with van der Waals surface area (Å²) in [4.78, 5) is 2.81. The van der Waals surface area contributed by atoms with Gasteiger partial charge < -0.3 is 0 Å². The van der Waals surface area contributed by atoms with E-state index >= 15 is 0 Å². The van der Waals surface area contributed by atoms with Crippen LogP contribution in [-0.4, -0.2) is 35.4 Å². The van der Waals surface area contributed by atoms with Gasteiger partial charge in [0.15, 0.2) is 9.84 Å². The Labute approximate surface area is 137 Å². The predicted octanol–water partition coefficient (Wildman–Crippen LogP) is 2.16. The van der Waals surface area contributed by atoms with Crippen molar-refractivity contribution in [2.24, 2.45) is 7.05 Å².